The number of hydrogen-bond acceptors (Lipinski definition) is 7. The fourth-order valence-electron chi connectivity index (χ4n) is 2.56. The highest BCUT2D eigenvalue weighted by atomic mass is 32.2. The Labute approximate surface area is 172 Å². The number of tetrazole rings is 1. The number of benzene rings is 2. The van der Waals surface area contributed by atoms with Gasteiger partial charge in [0, 0.05) is 17.7 Å². The van der Waals surface area contributed by atoms with Crippen LogP contribution in [0, 0.1) is 5.92 Å². The molecule has 1 amide bonds. The number of nitrogens with zero attached hydrogens (tertiary/aromatic N) is 4. The molecule has 0 saturated heterocycles. The molecule has 8 nitrogen and oxygen atoms in total. The lowest BCUT2D eigenvalue weighted by molar-refractivity contribution is -0.116. The highest BCUT2D eigenvalue weighted by Gasteiger charge is 2.13. The second-order valence-electron chi connectivity index (χ2n) is 6.83. The van der Waals surface area contributed by atoms with Crippen LogP contribution >= 0.6 is 11.8 Å². The van der Waals surface area contributed by atoms with Gasteiger partial charge in [0.2, 0.25) is 11.1 Å². The normalized spacial score (nSPS) is 10.9. The lowest BCUT2D eigenvalue weighted by Crippen LogP contribution is -2.14. The number of phenols is 1. The third kappa shape index (κ3) is 5.64. The van der Waals surface area contributed by atoms with Crippen molar-refractivity contribution in [2.24, 2.45) is 5.92 Å². The van der Waals surface area contributed by atoms with Gasteiger partial charge in [-0.05, 0) is 64.9 Å². The zero-order valence-electron chi connectivity index (χ0n) is 16.1. The summed E-state index contributed by atoms with van der Waals surface area (Å²) in [5.41, 5.74) is 1.89. The number of amides is 1. The quantitative estimate of drug-likeness (QED) is 0.432. The molecule has 0 unspecified atom stereocenters. The Balaban J connectivity index is 1.60. The molecule has 1 aromatic heterocycles. The van der Waals surface area contributed by atoms with Gasteiger partial charge in [0.05, 0.1) is 11.4 Å². The summed E-state index contributed by atoms with van der Waals surface area (Å²) >= 11 is 1.22. The molecule has 0 saturated carbocycles. The van der Waals surface area contributed by atoms with Crippen LogP contribution in [0.1, 0.15) is 30.6 Å². The van der Waals surface area contributed by atoms with Gasteiger partial charge in [-0.25, -0.2) is 0 Å². The van der Waals surface area contributed by atoms with E-state index in [1.165, 1.54) is 28.6 Å². The number of hydrogen-bond donors (Lipinski definition) is 2. The summed E-state index contributed by atoms with van der Waals surface area (Å²) in [6.45, 7) is 3.97. The minimum atomic E-state index is -0.0738. The molecule has 0 bridgehead atoms. The molecule has 0 aliphatic rings. The SMILES string of the molecule is CC(C)CC(=O)Nc1ccc(C(=O)CSc2nnnn2-c2ccc(O)cc2)cc1. The molecule has 3 rings (SSSR count). The van der Waals surface area contributed by atoms with Crippen molar-refractivity contribution in [1.82, 2.24) is 20.2 Å². The molecule has 29 heavy (non-hydrogen) atoms. The highest BCUT2D eigenvalue weighted by Crippen LogP contribution is 2.21. The Hall–Kier alpha value is -3.20. The van der Waals surface area contributed by atoms with Gasteiger partial charge in [-0.2, -0.15) is 4.68 Å². The van der Waals surface area contributed by atoms with Crippen molar-refractivity contribution in [2.45, 2.75) is 25.4 Å². The van der Waals surface area contributed by atoms with E-state index in [2.05, 4.69) is 20.8 Å². The van der Waals surface area contributed by atoms with Gasteiger partial charge in [0.15, 0.2) is 5.78 Å². The number of phenolic OH excluding ortho intramolecular Hbond substituents is 1. The molecule has 9 heteroatoms. The van der Waals surface area contributed by atoms with Gasteiger partial charge >= 0.3 is 0 Å². The Kier molecular flexibility index (Phi) is 6.61. The van der Waals surface area contributed by atoms with Crippen molar-refractivity contribution in [3.8, 4) is 11.4 Å². The number of thioether (sulfide) groups is 1. The molecule has 2 N–H and O–H groups in total. The lowest BCUT2D eigenvalue weighted by atomic mass is 10.1. The van der Waals surface area contributed by atoms with E-state index in [1.807, 2.05) is 13.8 Å². The van der Waals surface area contributed by atoms with Gasteiger partial charge in [-0.15, -0.1) is 5.10 Å². The van der Waals surface area contributed by atoms with E-state index < -0.39 is 0 Å². The Bertz CT molecular complexity index is 984. The molecule has 0 spiro atoms. The molecule has 3 aromatic rings. The van der Waals surface area contributed by atoms with E-state index in [0.717, 1.165) is 0 Å². The highest BCUT2D eigenvalue weighted by molar-refractivity contribution is 7.99. The van der Waals surface area contributed by atoms with Crippen molar-refractivity contribution in [1.29, 1.82) is 0 Å². The van der Waals surface area contributed by atoms with Crippen molar-refractivity contribution in [2.75, 3.05) is 11.1 Å². The van der Waals surface area contributed by atoms with Crippen LogP contribution in [-0.4, -0.2) is 42.8 Å². The summed E-state index contributed by atoms with van der Waals surface area (Å²) in [7, 11) is 0. The van der Waals surface area contributed by atoms with E-state index in [9.17, 15) is 14.7 Å². The van der Waals surface area contributed by atoms with E-state index in [-0.39, 0.29) is 29.1 Å². The first-order valence-corrected chi connectivity index (χ1v) is 10.0. The monoisotopic (exact) mass is 411 g/mol. The smallest absolute Gasteiger partial charge is 0.224 e. The summed E-state index contributed by atoms with van der Waals surface area (Å²) in [6.07, 6.45) is 0.451. The molecular formula is C20H21N5O3S. The Morgan fingerprint density at radius 3 is 2.45 bits per heavy atom. The van der Waals surface area contributed by atoms with Crippen LogP contribution in [-0.2, 0) is 4.79 Å². The maximum absolute atomic E-state index is 12.5. The maximum Gasteiger partial charge on any atom is 0.224 e. The molecule has 0 aliphatic carbocycles. The second kappa shape index (κ2) is 9.33. The number of ketones is 1. The van der Waals surface area contributed by atoms with Crippen LogP contribution in [0.25, 0.3) is 5.69 Å². The van der Waals surface area contributed by atoms with Gasteiger partial charge in [0.25, 0.3) is 0 Å². The number of Topliss-reactive ketones (excluding diaryl/α,β-unsaturated/α-hetero) is 1. The first-order valence-electron chi connectivity index (χ1n) is 9.06. The van der Waals surface area contributed by atoms with E-state index in [4.69, 9.17) is 0 Å². The van der Waals surface area contributed by atoms with Crippen molar-refractivity contribution in [3.05, 3.63) is 54.1 Å². The van der Waals surface area contributed by atoms with Gasteiger partial charge in [-0.1, -0.05) is 25.6 Å². The number of carbonyl (C=O) groups is 2. The fraction of sp³-hybridized carbons (Fsp3) is 0.250. The Morgan fingerprint density at radius 1 is 1.10 bits per heavy atom. The van der Waals surface area contributed by atoms with Crippen molar-refractivity contribution >= 4 is 29.1 Å². The van der Waals surface area contributed by atoms with Gasteiger partial charge in [-0.3, -0.25) is 9.59 Å². The standard InChI is InChI=1S/C20H21N5O3S/c1-13(2)11-19(28)21-15-5-3-14(4-6-15)18(27)12-29-20-22-23-24-25(20)16-7-9-17(26)10-8-16/h3-10,13,26H,11-12H2,1-2H3,(H,21,28). The van der Waals surface area contributed by atoms with Crippen LogP contribution < -0.4 is 5.32 Å². The molecule has 0 fully saturated rings. The third-order valence-electron chi connectivity index (χ3n) is 3.95. The van der Waals surface area contributed by atoms with Crippen LogP contribution in [0.4, 0.5) is 5.69 Å². The average Bonchev–Trinajstić information content (AvgIpc) is 3.15. The average molecular weight is 411 g/mol. The predicted octanol–water partition coefficient (Wildman–Crippen LogP) is 3.33. The summed E-state index contributed by atoms with van der Waals surface area (Å²) in [5, 5.41) is 24.2. The zero-order valence-corrected chi connectivity index (χ0v) is 16.9. The van der Waals surface area contributed by atoms with E-state index in [1.54, 1.807) is 36.4 Å². The predicted molar refractivity (Wildman–Crippen MR) is 110 cm³/mol. The summed E-state index contributed by atoms with van der Waals surface area (Å²) < 4.78 is 1.50. The van der Waals surface area contributed by atoms with Crippen molar-refractivity contribution < 1.29 is 14.7 Å². The third-order valence-corrected chi connectivity index (χ3v) is 4.87. The molecule has 0 radical (unpaired) electrons. The number of aromatic hydroxyl groups is 1. The number of aromatic nitrogens is 4. The van der Waals surface area contributed by atoms with Crippen molar-refractivity contribution in [3.63, 3.8) is 0 Å². The largest absolute Gasteiger partial charge is 0.508 e. The second-order valence-corrected chi connectivity index (χ2v) is 7.77. The molecular weight excluding hydrogens is 390 g/mol. The summed E-state index contributed by atoms with van der Waals surface area (Å²) in [4.78, 5) is 24.3. The van der Waals surface area contributed by atoms with Crippen LogP contribution in [0.3, 0.4) is 0 Å². The molecule has 0 aliphatic heterocycles. The number of nitrogens with one attached hydrogen (secondary N) is 1. The fourth-order valence-corrected chi connectivity index (χ4v) is 3.35. The Morgan fingerprint density at radius 2 is 1.79 bits per heavy atom. The van der Waals surface area contributed by atoms with Crippen LogP contribution in [0.5, 0.6) is 5.75 Å². The first kappa shape index (κ1) is 20.5. The molecule has 2 aromatic carbocycles. The first-order chi connectivity index (χ1) is 13.9. The molecule has 0 atom stereocenters. The van der Waals surface area contributed by atoms with Crippen LogP contribution in [0.2, 0.25) is 0 Å². The van der Waals surface area contributed by atoms with Gasteiger partial charge < -0.3 is 10.4 Å². The summed E-state index contributed by atoms with van der Waals surface area (Å²) in [6, 6.07) is 13.3. The van der Waals surface area contributed by atoms with E-state index >= 15 is 0 Å². The minimum absolute atomic E-state index is 0.0456. The maximum atomic E-state index is 12.5. The number of anilines is 1. The van der Waals surface area contributed by atoms with E-state index in [0.29, 0.717) is 28.5 Å². The number of rotatable bonds is 8. The van der Waals surface area contributed by atoms with Gasteiger partial charge in [0.1, 0.15) is 5.75 Å². The minimum Gasteiger partial charge on any atom is -0.508 e. The lowest BCUT2D eigenvalue weighted by Gasteiger charge is -2.08. The molecule has 150 valence electrons. The van der Waals surface area contributed by atoms with Crippen LogP contribution in [0.15, 0.2) is 53.7 Å². The zero-order chi connectivity index (χ0) is 20.8. The number of carbonyl (C=O) groups excluding carboxylic acids is 2. The summed E-state index contributed by atoms with van der Waals surface area (Å²) in [5.74, 6) is 0.476. The topological polar surface area (TPSA) is 110 Å². The molecule has 1 heterocycles.